The van der Waals surface area contributed by atoms with Crippen molar-refractivity contribution in [2.45, 2.75) is 18.9 Å². The van der Waals surface area contributed by atoms with Gasteiger partial charge in [0.2, 0.25) is 0 Å². The molecule has 1 aliphatic carbocycles. The van der Waals surface area contributed by atoms with E-state index >= 15 is 0 Å². The summed E-state index contributed by atoms with van der Waals surface area (Å²) in [6.45, 7) is 0.628. The lowest BCUT2D eigenvalue weighted by atomic mass is 9.83. The number of rotatable bonds is 4. The van der Waals surface area contributed by atoms with Gasteiger partial charge in [-0.05, 0) is 35.3 Å². The van der Waals surface area contributed by atoms with Crippen LogP contribution in [0.1, 0.15) is 24.0 Å². The lowest BCUT2D eigenvalue weighted by Crippen LogP contribution is -2.38. The van der Waals surface area contributed by atoms with Crippen LogP contribution in [-0.2, 0) is 9.47 Å². The van der Waals surface area contributed by atoms with E-state index in [1.165, 1.54) is 7.11 Å². The first-order chi connectivity index (χ1) is 11.1. The number of hydrogen-bond donors (Lipinski definition) is 2. The maximum Gasteiger partial charge on any atom is 0.513 e. The van der Waals surface area contributed by atoms with Crippen molar-refractivity contribution in [3.8, 4) is 5.75 Å². The van der Waals surface area contributed by atoms with E-state index in [0.29, 0.717) is 19.4 Å². The fourth-order valence-corrected chi connectivity index (χ4v) is 2.85. The number of nitrogens with one attached hydrogen (secondary N) is 1. The van der Waals surface area contributed by atoms with Crippen LogP contribution in [0.15, 0.2) is 29.7 Å². The van der Waals surface area contributed by atoms with Gasteiger partial charge in [-0.3, -0.25) is 0 Å². The van der Waals surface area contributed by atoms with Crippen LogP contribution in [0.4, 0.5) is 4.79 Å². The molecular weight excluding hydrogens is 298 g/mol. The van der Waals surface area contributed by atoms with E-state index in [1.54, 1.807) is 7.11 Å². The second-order valence-electron chi connectivity index (χ2n) is 5.45. The number of aliphatic hydroxyl groups excluding tert-OH is 1. The summed E-state index contributed by atoms with van der Waals surface area (Å²) in [5, 5.41) is 13.3. The number of methoxy groups -OCH3 is 2. The predicted octanol–water partition coefficient (Wildman–Crippen LogP) is 2.85. The molecule has 0 fully saturated rings. The zero-order valence-electron chi connectivity index (χ0n) is 13.1. The summed E-state index contributed by atoms with van der Waals surface area (Å²) >= 11 is 0. The number of carbonyl (C=O) groups excluding carboxylic acids is 1. The van der Waals surface area contributed by atoms with Crippen molar-refractivity contribution in [2.75, 3.05) is 20.8 Å². The van der Waals surface area contributed by atoms with E-state index in [9.17, 15) is 9.90 Å². The van der Waals surface area contributed by atoms with Crippen LogP contribution in [-0.4, -0.2) is 38.1 Å². The molecular formula is C17H19NO5. The Balaban J connectivity index is 1.76. The maximum absolute atomic E-state index is 11.4. The molecule has 1 aromatic rings. The highest BCUT2D eigenvalue weighted by atomic mass is 16.7. The fourth-order valence-electron chi connectivity index (χ4n) is 2.85. The molecule has 0 radical (unpaired) electrons. The van der Waals surface area contributed by atoms with Gasteiger partial charge in [-0.15, -0.1) is 0 Å². The predicted molar refractivity (Wildman–Crippen MR) is 85.0 cm³/mol. The largest absolute Gasteiger partial charge is 0.513 e. The second kappa shape index (κ2) is 6.34. The van der Waals surface area contributed by atoms with Crippen molar-refractivity contribution in [3.05, 3.63) is 40.8 Å². The number of hydrogen-bond acceptors (Lipinski definition) is 6. The van der Waals surface area contributed by atoms with Crippen molar-refractivity contribution in [1.82, 2.24) is 5.32 Å². The van der Waals surface area contributed by atoms with Gasteiger partial charge in [-0.25, -0.2) is 4.79 Å². The molecule has 0 amide bonds. The Morgan fingerprint density at radius 3 is 2.96 bits per heavy atom. The van der Waals surface area contributed by atoms with E-state index in [-0.39, 0.29) is 17.6 Å². The van der Waals surface area contributed by atoms with Crippen LogP contribution >= 0.6 is 0 Å². The Morgan fingerprint density at radius 2 is 2.22 bits per heavy atom. The van der Waals surface area contributed by atoms with Crippen LogP contribution in [0.25, 0.3) is 11.6 Å². The lowest BCUT2D eigenvalue weighted by Gasteiger charge is -2.29. The number of benzene rings is 1. The van der Waals surface area contributed by atoms with E-state index in [0.717, 1.165) is 22.4 Å². The van der Waals surface area contributed by atoms with Crippen LogP contribution in [0.5, 0.6) is 5.75 Å². The zero-order valence-corrected chi connectivity index (χ0v) is 13.1. The normalized spacial score (nSPS) is 19.4. The molecule has 0 bridgehead atoms. The number of aliphatic hydroxyl groups is 1. The smallest absolute Gasteiger partial charge is 0.509 e. The first-order valence-corrected chi connectivity index (χ1v) is 7.42. The molecule has 3 rings (SSSR count). The maximum atomic E-state index is 11.4. The quantitative estimate of drug-likeness (QED) is 0.832. The molecule has 6 heteroatoms. The molecule has 122 valence electrons. The van der Waals surface area contributed by atoms with Gasteiger partial charge in [-0.1, -0.05) is 12.1 Å². The van der Waals surface area contributed by atoms with Crippen molar-refractivity contribution >= 4 is 17.8 Å². The summed E-state index contributed by atoms with van der Waals surface area (Å²) in [6, 6.07) is 5.64. The van der Waals surface area contributed by atoms with Gasteiger partial charge in [-0.2, -0.15) is 0 Å². The first kappa shape index (κ1) is 15.4. The summed E-state index contributed by atoms with van der Waals surface area (Å²) in [5.41, 5.74) is 3.39. The highest BCUT2D eigenvalue weighted by Crippen LogP contribution is 2.39. The molecule has 0 saturated heterocycles. The molecule has 0 saturated carbocycles. The Hall–Kier alpha value is -2.47. The standard InChI is InChI=1S/C17H19NO5/c1-21-12-4-3-10-7-11(13(10)9-12)8-14-16(23-17(20)22-2)15(19)5-6-18-14/h3-4,7,9,14,18-19H,5-6,8H2,1-2H3. The van der Waals surface area contributed by atoms with Crippen molar-refractivity contribution in [1.29, 1.82) is 0 Å². The van der Waals surface area contributed by atoms with Crippen LogP contribution < -0.4 is 10.1 Å². The SMILES string of the molecule is COC(=O)OC1=C(O)CCNC1CC1=Cc2ccc(OC)cc21. The van der Waals surface area contributed by atoms with Crippen molar-refractivity contribution in [2.24, 2.45) is 0 Å². The van der Waals surface area contributed by atoms with Gasteiger partial charge >= 0.3 is 6.16 Å². The Labute approximate surface area is 134 Å². The third kappa shape index (κ3) is 3.03. The summed E-state index contributed by atoms with van der Waals surface area (Å²) in [7, 11) is 2.87. The monoisotopic (exact) mass is 317 g/mol. The molecule has 2 aliphatic rings. The minimum atomic E-state index is -0.829. The number of fused-ring (bicyclic) bond motifs is 1. The minimum absolute atomic E-state index is 0.0879. The minimum Gasteiger partial charge on any atom is -0.509 e. The summed E-state index contributed by atoms with van der Waals surface area (Å²) in [6.07, 6.45) is 2.28. The van der Waals surface area contributed by atoms with Gasteiger partial charge in [0.15, 0.2) is 5.76 Å². The average Bonchev–Trinajstić information content (AvgIpc) is 2.55. The lowest BCUT2D eigenvalue weighted by molar-refractivity contribution is 0.0835. The molecule has 23 heavy (non-hydrogen) atoms. The summed E-state index contributed by atoms with van der Waals surface area (Å²) < 4.78 is 14.9. The molecule has 1 aliphatic heterocycles. The van der Waals surface area contributed by atoms with Crippen LogP contribution in [0.2, 0.25) is 0 Å². The Kier molecular flexibility index (Phi) is 4.25. The highest BCUT2D eigenvalue weighted by molar-refractivity contribution is 5.96. The molecule has 0 aromatic heterocycles. The van der Waals surface area contributed by atoms with Crippen LogP contribution in [0, 0.1) is 0 Å². The summed E-state index contributed by atoms with van der Waals surface area (Å²) in [5.74, 6) is 1.13. The molecule has 1 heterocycles. The van der Waals surface area contributed by atoms with Gasteiger partial charge in [0.05, 0.1) is 20.3 Å². The van der Waals surface area contributed by atoms with E-state index < -0.39 is 6.16 Å². The van der Waals surface area contributed by atoms with Gasteiger partial charge < -0.3 is 24.6 Å². The summed E-state index contributed by atoms with van der Waals surface area (Å²) in [4.78, 5) is 11.4. The first-order valence-electron chi connectivity index (χ1n) is 7.42. The van der Waals surface area contributed by atoms with Gasteiger partial charge in [0.1, 0.15) is 11.5 Å². The van der Waals surface area contributed by atoms with Gasteiger partial charge in [0.25, 0.3) is 0 Å². The van der Waals surface area contributed by atoms with Crippen LogP contribution in [0.3, 0.4) is 0 Å². The Bertz CT molecular complexity index is 692. The number of ether oxygens (including phenoxy) is 3. The third-order valence-corrected chi connectivity index (χ3v) is 4.07. The van der Waals surface area contributed by atoms with Crippen molar-refractivity contribution in [3.63, 3.8) is 0 Å². The molecule has 2 N–H and O–H groups in total. The molecule has 1 atom stereocenters. The Morgan fingerprint density at radius 1 is 1.39 bits per heavy atom. The zero-order chi connectivity index (χ0) is 16.4. The highest BCUT2D eigenvalue weighted by Gasteiger charge is 2.30. The topological polar surface area (TPSA) is 77.0 Å². The third-order valence-electron chi connectivity index (χ3n) is 4.07. The second-order valence-corrected chi connectivity index (χ2v) is 5.45. The molecule has 1 aromatic carbocycles. The van der Waals surface area contributed by atoms with Gasteiger partial charge in [0, 0.05) is 13.0 Å². The van der Waals surface area contributed by atoms with Crippen molar-refractivity contribution < 1.29 is 24.1 Å². The fraction of sp³-hybridized carbons (Fsp3) is 0.353. The number of carbonyl (C=O) groups is 1. The molecule has 6 nitrogen and oxygen atoms in total. The van der Waals surface area contributed by atoms with E-state index in [4.69, 9.17) is 9.47 Å². The molecule has 1 unspecified atom stereocenters. The van der Waals surface area contributed by atoms with E-state index in [2.05, 4.69) is 16.1 Å². The van der Waals surface area contributed by atoms with E-state index in [1.807, 2.05) is 18.2 Å². The molecule has 0 spiro atoms. The average molecular weight is 317 g/mol.